The fraction of sp³-hybridized carbons (Fsp3) is 0.625. The lowest BCUT2D eigenvalue weighted by molar-refractivity contribution is 0.342. The molecule has 17 heavy (non-hydrogen) atoms. The highest BCUT2D eigenvalue weighted by atomic mass is 15.0. The van der Waals surface area contributed by atoms with Gasteiger partial charge in [0.15, 0.2) is 0 Å². The molecule has 92 valence electrons. The largest absolute Gasteiger partial charge is 0.307 e. The number of hydrogen-bond acceptors (Lipinski definition) is 1. The van der Waals surface area contributed by atoms with Crippen molar-refractivity contribution >= 4 is 0 Å². The highest BCUT2D eigenvalue weighted by molar-refractivity contribution is 5.34. The van der Waals surface area contributed by atoms with Crippen molar-refractivity contribution in [1.29, 1.82) is 0 Å². The molecule has 1 aromatic carbocycles. The fourth-order valence-corrected chi connectivity index (χ4v) is 3.64. The van der Waals surface area contributed by atoms with Crippen molar-refractivity contribution in [3.05, 3.63) is 35.4 Å². The molecule has 2 aliphatic rings. The van der Waals surface area contributed by atoms with Gasteiger partial charge in [0.05, 0.1) is 0 Å². The minimum atomic E-state index is 0.613. The molecule has 0 aliphatic heterocycles. The molecular weight excluding hydrogens is 206 g/mol. The lowest BCUT2D eigenvalue weighted by Crippen LogP contribution is -2.34. The number of nitrogens with one attached hydrogen (secondary N) is 1. The average molecular weight is 229 g/mol. The Kier molecular flexibility index (Phi) is 3.19. The first-order valence-electron chi connectivity index (χ1n) is 7.18. The summed E-state index contributed by atoms with van der Waals surface area (Å²) < 4.78 is 0. The van der Waals surface area contributed by atoms with Crippen LogP contribution in [-0.4, -0.2) is 6.04 Å². The highest BCUT2D eigenvalue weighted by Crippen LogP contribution is 2.34. The average Bonchev–Trinajstić information content (AvgIpc) is 2.98. The fourth-order valence-electron chi connectivity index (χ4n) is 3.64. The second-order valence-electron chi connectivity index (χ2n) is 5.79. The van der Waals surface area contributed by atoms with Gasteiger partial charge in [-0.25, -0.2) is 0 Å². The van der Waals surface area contributed by atoms with E-state index in [1.54, 1.807) is 11.1 Å². The van der Waals surface area contributed by atoms with Gasteiger partial charge in [0.25, 0.3) is 0 Å². The van der Waals surface area contributed by atoms with Crippen molar-refractivity contribution in [2.24, 2.45) is 5.92 Å². The van der Waals surface area contributed by atoms with Crippen LogP contribution in [0.4, 0.5) is 0 Å². The van der Waals surface area contributed by atoms with E-state index in [4.69, 9.17) is 0 Å². The van der Waals surface area contributed by atoms with Crippen LogP contribution >= 0.6 is 0 Å². The Hall–Kier alpha value is -0.820. The highest BCUT2D eigenvalue weighted by Gasteiger charge is 2.27. The van der Waals surface area contributed by atoms with Crippen molar-refractivity contribution in [1.82, 2.24) is 5.32 Å². The van der Waals surface area contributed by atoms with Gasteiger partial charge in [-0.2, -0.15) is 0 Å². The zero-order chi connectivity index (χ0) is 11.7. The standard InChI is InChI=1S/C16H23N/c1-12(13-6-2-3-7-13)17-16-11-10-14-8-4-5-9-15(14)16/h4-5,8-9,12-13,16-17H,2-3,6-7,10-11H2,1H3. The van der Waals surface area contributed by atoms with E-state index < -0.39 is 0 Å². The smallest absolute Gasteiger partial charge is 0.0328 e. The van der Waals surface area contributed by atoms with Crippen LogP contribution in [-0.2, 0) is 6.42 Å². The molecule has 1 aromatic rings. The molecule has 2 atom stereocenters. The summed E-state index contributed by atoms with van der Waals surface area (Å²) in [4.78, 5) is 0. The van der Waals surface area contributed by atoms with Gasteiger partial charge in [-0.15, -0.1) is 0 Å². The van der Waals surface area contributed by atoms with Gasteiger partial charge < -0.3 is 5.32 Å². The predicted octanol–water partition coefficient (Wildman–Crippen LogP) is 3.84. The summed E-state index contributed by atoms with van der Waals surface area (Å²) in [5.41, 5.74) is 3.11. The van der Waals surface area contributed by atoms with E-state index in [9.17, 15) is 0 Å². The molecule has 0 spiro atoms. The Labute approximate surface area is 105 Å². The van der Waals surface area contributed by atoms with Crippen molar-refractivity contribution in [2.75, 3.05) is 0 Å². The van der Waals surface area contributed by atoms with Crippen LogP contribution in [0.1, 0.15) is 56.2 Å². The molecule has 0 bridgehead atoms. The number of hydrogen-bond donors (Lipinski definition) is 1. The zero-order valence-corrected chi connectivity index (χ0v) is 10.8. The van der Waals surface area contributed by atoms with Crippen LogP contribution in [0.15, 0.2) is 24.3 Å². The third-order valence-corrected chi connectivity index (χ3v) is 4.70. The van der Waals surface area contributed by atoms with Gasteiger partial charge in [-0.05, 0) is 49.7 Å². The first kappa shape index (κ1) is 11.3. The maximum absolute atomic E-state index is 3.88. The quantitative estimate of drug-likeness (QED) is 0.830. The maximum atomic E-state index is 3.88. The van der Waals surface area contributed by atoms with Gasteiger partial charge in [0, 0.05) is 12.1 Å². The Morgan fingerprint density at radius 2 is 1.88 bits per heavy atom. The number of rotatable bonds is 3. The molecule has 0 radical (unpaired) electrons. The van der Waals surface area contributed by atoms with Gasteiger partial charge in [-0.3, -0.25) is 0 Å². The van der Waals surface area contributed by atoms with E-state index in [1.165, 1.54) is 38.5 Å². The summed E-state index contributed by atoms with van der Waals surface area (Å²) in [5, 5.41) is 3.88. The van der Waals surface area contributed by atoms with Gasteiger partial charge in [0.1, 0.15) is 0 Å². The zero-order valence-electron chi connectivity index (χ0n) is 10.8. The summed E-state index contributed by atoms with van der Waals surface area (Å²) in [6.45, 7) is 2.39. The Morgan fingerprint density at radius 1 is 1.12 bits per heavy atom. The molecule has 0 amide bonds. The van der Waals surface area contributed by atoms with Crippen LogP contribution in [0.5, 0.6) is 0 Å². The van der Waals surface area contributed by atoms with Crippen molar-refractivity contribution in [2.45, 2.75) is 57.5 Å². The molecule has 1 saturated carbocycles. The first-order chi connectivity index (χ1) is 8.34. The lowest BCUT2D eigenvalue weighted by Gasteiger charge is -2.25. The monoisotopic (exact) mass is 229 g/mol. The number of benzene rings is 1. The van der Waals surface area contributed by atoms with Gasteiger partial charge >= 0.3 is 0 Å². The van der Waals surface area contributed by atoms with Crippen molar-refractivity contribution in [3.8, 4) is 0 Å². The number of aryl methyl sites for hydroxylation is 1. The Morgan fingerprint density at radius 3 is 2.71 bits per heavy atom. The molecule has 1 heteroatoms. The molecule has 1 nitrogen and oxygen atoms in total. The molecule has 0 heterocycles. The first-order valence-corrected chi connectivity index (χ1v) is 7.18. The summed E-state index contributed by atoms with van der Waals surface area (Å²) >= 11 is 0. The van der Waals surface area contributed by atoms with Crippen LogP contribution in [0, 0.1) is 5.92 Å². The summed E-state index contributed by atoms with van der Waals surface area (Å²) in [6.07, 6.45) is 8.29. The SMILES string of the molecule is CC(NC1CCc2ccccc21)C1CCCC1. The van der Waals surface area contributed by atoms with Crippen LogP contribution < -0.4 is 5.32 Å². The van der Waals surface area contributed by atoms with Crippen molar-refractivity contribution in [3.63, 3.8) is 0 Å². The lowest BCUT2D eigenvalue weighted by atomic mass is 9.98. The second kappa shape index (κ2) is 4.81. The molecular formula is C16H23N. The Balaban J connectivity index is 1.66. The molecule has 1 fully saturated rings. The van der Waals surface area contributed by atoms with E-state index in [2.05, 4.69) is 36.5 Å². The number of fused-ring (bicyclic) bond motifs is 1. The van der Waals surface area contributed by atoms with Gasteiger partial charge in [0.2, 0.25) is 0 Å². The van der Waals surface area contributed by atoms with E-state index in [1.807, 2.05) is 0 Å². The minimum absolute atomic E-state index is 0.613. The predicted molar refractivity (Wildman–Crippen MR) is 72.1 cm³/mol. The topological polar surface area (TPSA) is 12.0 Å². The molecule has 3 rings (SSSR count). The van der Waals surface area contributed by atoms with Crippen LogP contribution in [0.25, 0.3) is 0 Å². The van der Waals surface area contributed by atoms with E-state index in [0.29, 0.717) is 12.1 Å². The maximum Gasteiger partial charge on any atom is 0.0328 e. The summed E-state index contributed by atoms with van der Waals surface area (Å²) in [6, 6.07) is 10.2. The molecule has 2 aliphatic carbocycles. The van der Waals surface area contributed by atoms with E-state index >= 15 is 0 Å². The summed E-state index contributed by atoms with van der Waals surface area (Å²) in [7, 11) is 0. The molecule has 0 aromatic heterocycles. The molecule has 2 unspecified atom stereocenters. The minimum Gasteiger partial charge on any atom is -0.307 e. The van der Waals surface area contributed by atoms with E-state index in [0.717, 1.165) is 5.92 Å². The van der Waals surface area contributed by atoms with Crippen LogP contribution in [0.3, 0.4) is 0 Å². The second-order valence-corrected chi connectivity index (χ2v) is 5.79. The molecule has 1 N–H and O–H groups in total. The van der Waals surface area contributed by atoms with E-state index in [-0.39, 0.29) is 0 Å². The summed E-state index contributed by atoms with van der Waals surface area (Å²) in [5.74, 6) is 0.919. The third kappa shape index (κ3) is 2.26. The van der Waals surface area contributed by atoms with Gasteiger partial charge in [-0.1, -0.05) is 37.1 Å². The third-order valence-electron chi connectivity index (χ3n) is 4.70. The Bertz CT molecular complexity index is 379. The van der Waals surface area contributed by atoms with Crippen molar-refractivity contribution < 1.29 is 0 Å². The van der Waals surface area contributed by atoms with Crippen LogP contribution in [0.2, 0.25) is 0 Å². The normalized spacial score (nSPS) is 26.1. The molecule has 0 saturated heterocycles.